The zero-order chi connectivity index (χ0) is 80.8. The lowest BCUT2D eigenvalue weighted by Crippen LogP contribution is -2.36. The quantitative estimate of drug-likeness (QED) is 0.0605. The number of fused-ring (bicyclic) bond motifs is 10. The summed E-state index contributed by atoms with van der Waals surface area (Å²) in [7, 11) is 25.7. The molecule has 0 bridgehead atoms. The largest absolute Gasteiger partial charge is 0.493 e. The first-order chi connectivity index (χ1) is 56.5. The Bertz CT molecular complexity index is 5570. The number of nitrogens with zero attached hydrogens (tertiary/aromatic N) is 5. The van der Waals surface area contributed by atoms with Crippen molar-refractivity contribution in [2.24, 2.45) is 0 Å². The maximum absolute atomic E-state index is 13.3. The molecule has 0 fully saturated rings. The molecule has 0 radical (unpaired) electrons. The number of aromatic nitrogens is 1. The van der Waals surface area contributed by atoms with Gasteiger partial charge >= 0.3 is 17.9 Å². The average Bonchev–Trinajstić information content (AvgIpc) is 1.48. The van der Waals surface area contributed by atoms with Crippen LogP contribution in [0, 0.1) is 0 Å². The van der Waals surface area contributed by atoms with Gasteiger partial charge in [0.05, 0.1) is 94.8 Å². The Morgan fingerprint density at radius 1 is 0.388 bits per heavy atom. The van der Waals surface area contributed by atoms with Gasteiger partial charge in [-0.2, -0.15) is 0 Å². The number of methoxy groups -OCH3 is 10. The second-order valence-corrected chi connectivity index (χ2v) is 29.1. The molecule has 0 aliphatic carbocycles. The predicted octanol–water partition coefficient (Wildman–Crippen LogP) is 13.9. The molecule has 0 saturated carbocycles. The van der Waals surface area contributed by atoms with E-state index in [1.54, 1.807) is 61.0 Å². The Labute approximate surface area is 668 Å². The molecule has 10 aromatic rings. The summed E-state index contributed by atoms with van der Waals surface area (Å²) < 4.78 is 117. The van der Waals surface area contributed by atoms with Crippen LogP contribution in [0.15, 0.2) is 114 Å². The van der Waals surface area contributed by atoms with Crippen LogP contribution in [-0.4, -0.2) is 184 Å². The van der Waals surface area contributed by atoms with Crippen molar-refractivity contribution in [2.45, 2.75) is 55.7 Å². The smallest absolute Gasteiger partial charge is 0.343 e. The maximum Gasteiger partial charge on any atom is 0.343 e. The summed E-state index contributed by atoms with van der Waals surface area (Å²) >= 11 is 0. The molecular weight excluding hydrogens is 1490 g/mol. The van der Waals surface area contributed by atoms with Crippen LogP contribution in [0.5, 0.6) is 92.1 Å². The average molecular weight is 1580 g/mol. The van der Waals surface area contributed by atoms with Crippen LogP contribution in [0.1, 0.15) is 118 Å². The Balaban J connectivity index is 0.000000125. The van der Waals surface area contributed by atoms with Gasteiger partial charge in [0.1, 0.15) is 46.3 Å². The third kappa shape index (κ3) is 12.1. The van der Waals surface area contributed by atoms with Gasteiger partial charge in [-0.3, -0.25) is 14.7 Å². The minimum Gasteiger partial charge on any atom is -0.493 e. The lowest BCUT2D eigenvalue weighted by atomic mass is 9.81. The highest BCUT2D eigenvalue weighted by molar-refractivity contribution is 6.01. The van der Waals surface area contributed by atoms with E-state index in [0.29, 0.717) is 134 Å². The van der Waals surface area contributed by atoms with Gasteiger partial charge in [-0.1, -0.05) is 48.5 Å². The van der Waals surface area contributed by atoms with Gasteiger partial charge in [0.2, 0.25) is 43.5 Å². The summed E-state index contributed by atoms with van der Waals surface area (Å²) in [5.74, 6) is 7.62. The molecule has 602 valence electrons. The summed E-state index contributed by atoms with van der Waals surface area (Å²) in [5.41, 5.74) is 15.7. The molecule has 116 heavy (non-hydrogen) atoms. The lowest BCUT2D eigenvalue weighted by molar-refractivity contribution is 0.00809. The van der Waals surface area contributed by atoms with Crippen LogP contribution in [-0.2, 0) is 33.5 Å². The van der Waals surface area contributed by atoms with Gasteiger partial charge in [0, 0.05) is 107 Å². The number of ether oxygens (including phenoxy) is 19. The molecule has 19 rings (SSSR count). The van der Waals surface area contributed by atoms with E-state index < -0.39 is 36.2 Å². The molecule has 0 N–H and O–H groups in total. The zero-order valence-electron chi connectivity index (χ0n) is 66.8. The molecule has 28 nitrogen and oxygen atoms in total. The number of rotatable bonds is 17. The van der Waals surface area contributed by atoms with E-state index in [-0.39, 0.29) is 38.5 Å². The highest BCUT2D eigenvalue weighted by atomic mass is 16.7. The fourth-order valence-corrected chi connectivity index (χ4v) is 18.1. The molecule has 9 aliphatic heterocycles. The molecule has 0 amide bonds. The molecule has 28 heteroatoms. The number of likely N-dealkylation sites (N-methyl/N-ethyl adjacent to an activating group) is 3. The Morgan fingerprint density at radius 2 is 0.784 bits per heavy atom. The first-order valence-electron chi connectivity index (χ1n) is 37.8. The molecule has 6 atom stereocenters. The number of benzene rings is 8. The Kier molecular flexibility index (Phi) is 20.0. The molecule has 11 heterocycles. The summed E-state index contributed by atoms with van der Waals surface area (Å²) in [6, 6.07) is 32.0. The van der Waals surface area contributed by atoms with Gasteiger partial charge in [0.25, 0.3) is 0 Å². The summed E-state index contributed by atoms with van der Waals surface area (Å²) in [5, 5.41) is 0.994. The first kappa shape index (κ1) is 76.0. The number of carbonyl (C=O) groups excluding carboxylic acids is 3. The second kappa shape index (κ2) is 30.6. The topological polar surface area (TPSA) is 266 Å². The van der Waals surface area contributed by atoms with Crippen LogP contribution in [0.3, 0.4) is 0 Å². The molecule has 0 unspecified atom stereocenters. The number of pyridine rings is 1. The van der Waals surface area contributed by atoms with Crippen LogP contribution >= 0.6 is 0 Å². The van der Waals surface area contributed by atoms with Crippen LogP contribution < -0.4 is 80.7 Å². The fraction of sp³-hybridized carbons (Fsp3) is 0.341. The molecule has 9 aliphatic rings. The SMILES string of the molecule is COc1ccc(-c2c3c(c(OC)c4c2OCO4)[C@H]([C@H]2OC(=O)c4c2ccc(OC)c4OC)N(C)CC3)cn1.COc1ccc2c(c1OC)C(=O)O[C@@H]2[C@H]1c2c(c(-c3cc4ccccc4o3)c3c(c2OC)OCO3)CCN1C.COc1ccc2c(c1OC)C(=O)O[C@@H]2[C@H]1c2c(c(-c3cccc(N(C)C)c3)c3c(c2OC)OCO3)CCN1C. The van der Waals surface area contributed by atoms with E-state index in [1.165, 1.54) is 28.4 Å². The first-order valence-corrected chi connectivity index (χ1v) is 37.8. The van der Waals surface area contributed by atoms with Crippen LogP contribution in [0.4, 0.5) is 5.69 Å². The van der Waals surface area contributed by atoms with E-state index in [0.717, 1.165) is 114 Å². The lowest BCUT2D eigenvalue weighted by Gasteiger charge is -2.39. The summed E-state index contributed by atoms with van der Waals surface area (Å²) in [6.07, 6.45) is 2.13. The number of hydrogen-bond donors (Lipinski definition) is 0. The van der Waals surface area contributed by atoms with Crippen molar-refractivity contribution >= 4 is 34.6 Å². The highest BCUT2D eigenvalue weighted by Crippen LogP contribution is 2.64. The van der Waals surface area contributed by atoms with Gasteiger partial charge in [0.15, 0.2) is 69.0 Å². The van der Waals surface area contributed by atoms with E-state index in [1.807, 2.05) is 108 Å². The standard InChI is InChI=1S/C30H32N2O7.C30H27NO8.C28H28N2O8/c1-31(2)17-9-7-8-16(14-17)21-18-12-13-32(3)24(22(18)27(36-6)29-28(21)37-15-38-29)25-19-10-11-20(34-4)26(35-5)23(19)30(33)39-25;1-31-12-11-16-21(20-13-15-7-5-6-8-18(15)38-20)28-29(37-14-36-28)27(35-4)22(16)24(31)25-17-9-10-19(33-2)26(34-3)23(17)30(32)39-25;1-30-11-10-15-19(14-6-9-18(33-3)29-12-14)26-27(37-13-36-26)25(35-5)20(15)22(30)23-16-7-8-17(32-2)24(34-4)21(16)28(31)38-23/h7-11,14,24-25H,12-13,15H2,1-6H3;5-10,13,24-25H,11-12,14H2,1-4H3;6-9,12,22-23H,10-11,13H2,1-5H3/t2*24-,25+;22-,23+/m111/s1. The van der Waals surface area contributed by atoms with Crippen molar-refractivity contribution in [1.82, 2.24) is 19.7 Å². The van der Waals surface area contributed by atoms with Gasteiger partial charge < -0.3 is 99.3 Å². The van der Waals surface area contributed by atoms with Crippen LogP contribution in [0.25, 0.3) is 44.5 Å². The third-order valence-corrected chi connectivity index (χ3v) is 23.2. The highest BCUT2D eigenvalue weighted by Gasteiger charge is 2.52. The number of furan rings is 1. The normalized spacial score (nSPS) is 19.4. The van der Waals surface area contributed by atoms with E-state index >= 15 is 0 Å². The predicted molar refractivity (Wildman–Crippen MR) is 422 cm³/mol. The number of carbonyl (C=O) groups is 3. The maximum atomic E-state index is 13.3. The summed E-state index contributed by atoms with van der Waals surface area (Å²) in [4.78, 5) is 52.8. The van der Waals surface area contributed by atoms with Crippen molar-refractivity contribution < 1.29 is 109 Å². The third-order valence-electron chi connectivity index (χ3n) is 23.2. The van der Waals surface area contributed by atoms with E-state index in [9.17, 15) is 14.4 Å². The monoisotopic (exact) mass is 1580 g/mol. The van der Waals surface area contributed by atoms with Crippen molar-refractivity contribution in [3.05, 3.63) is 176 Å². The fourth-order valence-electron chi connectivity index (χ4n) is 18.1. The van der Waals surface area contributed by atoms with Gasteiger partial charge in [-0.25, -0.2) is 19.4 Å². The number of hydrogen-bond acceptors (Lipinski definition) is 28. The van der Waals surface area contributed by atoms with Crippen molar-refractivity contribution in [2.75, 3.05) is 151 Å². The van der Waals surface area contributed by atoms with Crippen LogP contribution in [0.2, 0.25) is 0 Å². The number of cyclic esters (lactones) is 3. The zero-order valence-corrected chi connectivity index (χ0v) is 66.8. The Morgan fingerprint density at radius 3 is 1.16 bits per heavy atom. The number of esters is 3. The number of para-hydroxylation sites is 1. The molecule has 0 saturated heterocycles. The molecule has 0 spiro atoms. The Hall–Kier alpha value is -12.7. The van der Waals surface area contributed by atoms with Crippen molar-refractivity contribution in [3.8, 4) is 126 Å². The van der Waals surface area contributed by atoms with Crippen molar-refractivity contribution in [3.63, 3.8) is 0 Å². The summed E-state index contributed by atoms with van der Waals surface area (Å²) in [6.45, 7) is 2.42. The second-order valence-electron chi connectivity index (χ2n) is 29.1. The number of anilines is 1. The van der Waals surface area contributed by atoms with Gasteiger partial charge in [-0.05, 0) is 111 Å². The minimum atomic E-state index is -0.617. The van der Waals surface area contributed by atoms with Crippen molar-refractivity contribution in [1.29, 1.82) is 0 Å². The van der Waals surface area contributed by atoms with E-state index in [2.05, 4.69) is 42.8 Å². The van der Waals surface area contributed by atoms with E-state index in [4.69, 9.17) is 94.4 Å². The molecular formula is C88H87N5O23. The molecule has 2 aromatic heterocycles. The van der Waals surface area contributed by atoms with Gasteiger partial charge in [-0.15, -0.1) is 0 Å². The minimum absolute atomic E-state index is 0.0700. The molecule has 8 aromatic carbocycles.